The molecule has 59 heavy (non-hydrogen) atoms. The van der Waals surface area contributed by atoms with Gasteiger partial charge in [0.15, 0.2) is 0 Å². The Morgan fingerprint density at radius 3 is 1.46 bits per heavy atom. The van der Waals surface area contributed by atoms with Crippen LogP contribution in [-0.4, -0.2) is 112 Å². The summed E-state index contributed by atoms with van der Waals surface area (Å²) in [4.78, 5) is 43.2. The highest BCUT2D eigenvalue weighted by atomic mass is 79.9. The molecule has 4 N–H and O–H groups in total. The molecule has 15 heteroatoms. The van der Waals surface area contributed by atoms with Crippen LogP contribution in [0.25, 0.3) is 0 Å². The number of amides is 2. The highest BCUT2D eigenvalue weighted by molar-refractivity contribution is 9.10. The van der Waals surface area contributed by atoms with Crippen LogP contribution in [-0.2, 0) is 35.3 Å². The van der Waals surface area contributed by atoms with Crippen LogP contribution in [0.4, 0.5) is 0 Å². The van der Waals surface area contributed by atoms with Crippen molar-refractivity contribution in [2.24, 2.45) is 11.5 Å². The number of carbonyl (C=O) groups excluding carboxylic acids is 2. The molecule has 2 fully saturated rings. The average molecular weight is 990 g/mol. The maximum Gasteiger partial charge on any atom is 0.240 e. The molecule has 0 saturated carbocycles. The number of benzene rings is 2. The van der Waals surface area contributed by atoms with Crippen LogP contribution in [0.1, 0.15) is 77.6 Å². The van der Waals surface area contributed by atoms with Gasteiger partial charge in [0.2, 0.25) is 11.8 Å². The van der Waals surface area contributed by atoms with Gasteiger partial charge in [-0.2, -0.15) is 12.6 Å². The van der Waals surface area contributed by atoms with Gasteiger partial charge in [-0.15, -0.1) is 0 Å². The summed E-state index contributed by atoms with van der Waals surface area (Å²) in [5.41, 5.74) is 21.7. The summed E-state index contributed by atoms with van der Waals surface area (Å²) in [6.45, 7) is 7.79. The predicted molar refractivity (Wildman–Crippen MR) is 248 cm³/mol. The number of nitrogens with zero attached hydrogens (tertiary/aromatic N) is 6. The minimum Gasteiger partial charge on any atom is -0.339 e. The number of halogens is 4. The van der Waals surface area contributed by atoms with Crippen LogP contribution < -0.4 is 11.5 Å². The minimum atomic E-state index is -0.537. The van der Waals surface area contributed by atoms with Gasteiger partial charge in [0, 0.05) is 89.5 Å². The molecule has 4 aliphatic rings. The monoisotopic (exact) mass is 986 g/mol. The highest BCUT2D eigenvalue weighted by Gasteiger charge is 2.36. The molecule has 4 aromatic rings. The molecule has 0 spiro atoms. The van der Waals surface area contributed by atoms with Gasteiger partial charge in [0.25, 0.3) is 0 Å². The third-order valence-electron chi connectivity index (χ3n) is 11.8. The van der Waals surface area contributed by atoms with E-state index < -0.39 is 12.1 Å². The van der Waals surface area contributed by atoms with Gasteiger partial charge in [0.1, 0.15) is 0 Å². The van der Waals surface area contributed by atoms with E-state index >= 15 is 0 Å². The molecule has 8 rings (SSSR count). The molecular weight excluding hydrogens is 935 g/mol. The summed E-state index contributed by atoms with van der Waals surface area (Å²) in [6.07, 6.45) is 8.18. The quantitative estimate of drug-likeness (QED) is 0.172. The van der Waals surface area contributed by atoms with E-state index in [9.17, 15) is 9.59 Å². The standard InChI is InChI=1S/C22H26BrClN4O.C21H24BrClN4OS.CH4/c1-2-19(25)22(29)28-9-7-27(8-10-28)21-18-6-5-17(24)12-14(18)3-4-15-11-16(23)13-26-20(15)21;22-15-9-14-2-1-13-10-16(23)3-4-17(13)20(19(14)25-11-15)26-5-7-27(8-6-26)21(28)18(24)12-29;/h5-6,11-13,19,21H,2-4,7-10,25H2,1H3;3-4,9-11,18,20,29H,1-2,5-8,12,24H2;1H4/t19-,21?;18-,20?;/m00./s1. The van der Waals surface area contributed by atoms with Gasteiger partial charge >= 0.3 is 0 Å². The van der Waals surface area contributed by atoms with Crippen molar-refractivity contribution in [2.45, 2.75) is 70.6 Å². The van der Waals surface area contributed by atoms with E-state index in [-0.39, 0.29) is 31.3 Å². The summed E-state index contributed by atoms with van der Waals surface area (Å²) < 4.78 is 2.00. The molecule has 2 aliphatic heterocycles. The number of pyridine rings is 2. The Morgan fingerprint density at radius 2 is 1.07 bits per heavy atom. The second-order valence-corrected chi connectivity index (χ2v) is 18.5. The fraction of sp³-hybridized carbons (Fsp3) is 0.455. The summed E-state index contributed by atoms with van der Waals surface area (Å²) in [6, 6.07) is 15.9. The summed E-state index contributed by atoms with van der Waals surface area (Å²) in [5.74, 6) is 0.403. The number of piperazine rings is 2. The van der Waals surface area contributed by atoms with Gasteiger partial charge in [-0.3, -0.25) is 29.4 Å². The number of nitrogens with two attached hydrogens (primary N) is 2. The number of thiol groups is 1. The van der Waals surface area contributed by atoms with Crippen molar-refractivity contribution in [1.82, 2.24) is 29.6 Å². The van der Waals surface area contributed by atoms with Crippen molar-refractivity contribution in [3.8, 4) is 0 Å². The maximum atomic E-state index is 12.5. The lowest BCUT2D eigenvalue weighted by atomic mass is 9.96. The van der Waals surface area contributed by atoms with Crippen LogP contribution in [0.5, 0.6) is 0 Å². The van der Waals surface area contributed by atoms with Crippen molar-refractivity contribution in [1.29, 1.82) is 0 Å². The molecule has 2 aliphatic carbocycles. The number of fused-ring (bicyclic) bond motifs is 4. The summed E-state index contributed by atoms with van der Waals surface area (Å²) >= 11 is 23.9. The van der Waals surface area contributed by atoms with Crippen molar-refractivity contribution in [2.75, 3.05) is 58.1 Å². The van der Waals surface area contributed by atoms with E-state index in [4.69, 9.17) is 44.6 Å². The molecule has 4 heterocycles. The van der Waals surface area contributed by atoms with Crippen LogP contribution >= 0.6 is 67.7 Å². The lowest BCUT2D eigenvalue weighted by Crippen LogP contribution is -2.54. The molecule has 10 nitrogen and oxygen atoms in total. The fourth-order valence-corrected chi connectivity index (χ4v) is 9.99. The van der Waals surface area contributed by atoms with Crippen LogP contribution in [0.2, 0.25) is 10.0 Å². The number of carbonyl (C=O) groups is 2. The number of aryl methyl sites for hydroxylation is 4. The topological polar surface area (TPSA) is 125 Å². The molecule has 0 radical (unpaired) electrons. The second kappa shape index (κ2) is 20.5. The molecule has 2 aromatic carbocycles. The van der Waals surface area contributed by atoms with E-state index in [1.54, 1.807) is 0 Å². The predicted octanol–water partition coefficient (Wildman–Crippen LogP) is 7.29. The van der Waals surface area contributed by atoms with E-state index in [2.05, 4.69) is 90.7 Å². The molecule has 2 amide bonds. The highest BCUT2D eigenvalue weighted by Crippen LogP contribution is 2.39. The van der Waals surface area contributed by atoms with Crippen molar-refractivity contribution in [3.05, 3.63) is 125 Å². The van der Waals surface area contributed by atoms with Crippen LogP contribution in [0.3, 0.4) is 0 Å². The van der Waals surface area contributed by atoms with Gasteiger partial charge < -0.3 is 21.3 Å². The van der Waals surface area contributed by atoms with Gasteiger partial charge in [-0.1, -0.05) is 49.7 Å². The Balaban J connectivity index is 0.000000195. The van der Waals surface area contributed by atoms with Crippen molar-refractivity contribution < 1.29 is 9.59 Å². The Bertz CT molecular complexity index is 1880. The normalized spacial score (nSPS) is 20.2. The van der Waals surface area contributed by atoms with Gasteiger partial charge in [-0.05, 0) is 134 Å². The van der Waals surface area contributed by atoms with Crippen molar-refractivity contribution >= 4 is 79.5 Å². The number of aromatic nitrogens is 2. The minimum absolute atomic E-state index is 0. The van der Waals surface area contributed by atoms with Crippen molar-refractivity contribution in [3.63, 3.8) is 0 Å². The average Bonchev–Trinajstić information content (AvgIpc) is 3.49. The van der Waals surface area contributed by atoms with E-state index in [0.29, 0.717) is 38.4 Å². The molecule has 4 atom stereocenters. The fourth-order valence-electron chi connectivity index (χ4n) is 8.69. The third-order valence-corrected chi connectivity index (χ3v) is 13.6. The lowest BCUT2D eigenvalue weighted by Gasteiger charge is -2.40. The summed E-state index contributed by atoms with van der Waals surface area (Å²) in [5, 5.41) is 1.53. The van der Waals surface area contributed by atoms with E-state index in [1.165, 1.54) is 33.4 Å². The number of rotatable bonds is 6. The van der Waals surface area contributed by atoms with Crippen LogP contribution in [0, 0.1) is 0 Å². The first kappa shape index (κ1) is 45.9. The number of hydrogen-bond donors (Lipinski definition) is 3. The van der Waals surface area contributed by atoms with Gasteiger partial charge in [-0.25, -0.2) is 0 Å². The Morgan fingerprint density at radius 1 is 0.678 bits per heavy atom. The SMILES string of the molecule is C.CC[C@H](N)C(=O)N1CCN(C2c3ccc(Cl)cc3CCc3cc(Br)cnc32)CC1.N[C@@H](CS)C(=O)N1CCN(C2c3ccc(Cl)cc3CCc3cc(Br)cnc32)CC1. The smallest absolute Gasteiger partial charge is 0.240 e. The first-order valence-corrected chi connectivity index (χ1v) is 23.0. The van der Waals surface area contributed by atoms with E-state index in [0.717, 1.165) is 82.2 Å². The molecular formula is C44H54Br2Cl2N8O2S. The molecule has 2 saturated heterocycles. The van der Waals surface area contributed by atoms with Gasteiger partial charge in [0.05, 0.1) is 35.6 Å². The van der Waals surface area contributed by atoms with Crippen LogP contribution in [0.15, 0.2) is 69.9 Å². The maximum absolute atomic E-state index is 12.5. The lowest BCUT2D eigenvalue weighted by molar-refractivity contribution is -0.135. The second-order valence-electron chi connectivity index (χ2n) is 15.4. The zero-order valence-electron chi connectivity index (χ0n) is 32.6. The largest absolute Gasteiger partial charge is 0.339 e. The zero-order chi connectivity index (χ0) is 41.1. The first-order valence-electron chi connectivity index (χ1n) is 20.0. The zero-order valence-corrected chi connectivity index (χ0v) is 38.2. The molecule has 2 aromatic heterocycles. The Labute approximate surface area is 381 Å². The Hall–Kier alpha value is -2.59. The van der Waals surface area contributed by atoms with E-state index in [1.807, 2.05) is 41.2 Å². The molecule has 2 unspecified atom stereocenters. The number of hydrogen-bond acceptors (Lipinski definition) is 9. The molecule has 316 valence electrons. The summed E-state index contributed by atoms with van der Waals surface area (Å²) in [7, 11) is 0. The Kier molecular flexibility index (Phi) is 16.0. The molecule has 0 bridgehead atoms. The third kappa shape index (κ3) is 10.4. The first-order chi connectivity index (χ1) is 27.9.